The van der Waals surface area contributed by atoms with Crippen molar-refractivity contribution in [3.8, 4) is 0 Å². The molecule has 2 rings (SSSR count). The Hall–Kier alpha value is -0.380. The first kappa shape index (κ1) is 17.0. The SMILES string of the molecule is CC(C)CN(C1CCCC1)C(c1ccccc1Br)C(C)N. The van der Waals surface area contributed by atoms with Crippen molar-refractivity contribution in [1.29, 1.82) is 0 Å². The average molecular weight is 353 g/mol. The number of hydrogen-bond acceptors (Lipinski definition) is 2. The van der Waals surface area contributed by atoms with Crippen molar-refractivity contribution < 1.29 is 0 Å². The molecule has 2 unspecified atom stereocenters. The highest BCUT2D eigenvalue weighted by Gasteiger charge is 2.32. The molecule has 3 heteroatoms. The second-order valence-corrected chi connectivity index (χ2v) is 7.71. The maximum Gasteiger partial charge on any atom is 0.0510 e. The molecule has 2 N–H and O–H groups in total. The minimum absolute atomic E-state index is 0.128. The number of benzene rings is 1. The quantitative estimate of drug-likeness (QED) is 0.801. The fourth-order valence-corrected chi connectivity index (χ4v) is 4.15. The Kier molecular flexibility index (Phi) is 6.27. The summed E-state index contributed by atoms with van der Waals surface area (Å²) in [4.78, 5) is 2.68. The van der Waals surface area contributed by atoms with E-state index in [9.17, 15) is 0 Å². The zero-order chi connectivity index (χ0) is 15.4. The Morgan fingerprint density at radius 2 is 1.81 bits per heavy atom. The first-order chi connectivity index (χ1) is 10.0. The van der Waals surface area contributed by atoms with Crippen LogP contribution < -0.4 is 5.73 Å². The highest BCUT2D eigenvalue weighted by atomic mass is 79.9. The highest BCUT2D eigenvalue weighted by molar-refractivity contribution is 9.10. The number of nitrogens with two attached hydrogens (primary N) is 1. The maximum absolute atomic E-state index is 6.42. The molecule has 118 valence electrons. The van der Waals surface area contributed by atoms with Crippen LogP contribution in [-0.4, -0.2) is 23.5 Å². The van der Waals surface area contributed by atoms with Crippen LogP contribution in [-0.2, 0) is 0 Å². The van der Waals surface area contributed by atoms with Gasteiger partial charge in [-0.05, 0) is 37.3 Å². The van der Waals surface area contributed by atoms with Crippen LogP contribution in [0, 0.1) is 5.92 Å². The molecule has 1 aromatic rings. The van der Waals surface area contributed by atoms with Gasteiger partial charge in [-0.1, -0.05) is 60.8 Å². The fourth-order valence-electron chi connectivity index (χ4n) is 3.63. The molecule has 0 radical (unpaired) electrons. The van der Waals surface area contributed by atoms with E-state index < -0.39 is 0 Å². The summed E-state index contributed by atoms with van der Waals surface area (Å²) in [5, 5.41) is 0. The molecule has 21 heavy (non-hydrogen) atoms. The van der Waals surface area contributed by atoms with Crippen LogP contribution in [0.15, 0.2) is 28.7 Å². The van der Waals surface area contributed by atoms with Gasteiger partial charge < -0.3 is 5.73 Å². The third-order valence-electron chi connectivity index (χ3n) is 4.45. The van der Waals surface area contributed by atoms with Gasteiger partial charge in [0, 0.05) is 23.1 Å². The Labute approximate surface area is 138 Å². The minimum atomic E-state index is 0.128. The van der Waals surface area contributed by atoms with E-state index in [2.05, 4.69) is 65.9 Å². The lowest BCUT2D eigenvalue weighted by atomic mass is 9.95. The van der Waals surface area contributed by atoms with E-state index in [1.165, 1.54) is 35.7 Å². The van der Waals surface area contributed by atoms with Gasteiger partial charge in [-0.2, -0.15) is 0 Å². The number of nitrogens with zero attached hydrogens (tertiary/aromatic N) is 1. The predicted octanol–water partition coefficient (Wildman–Crippen LogP) is 4.74. The number of halogens is 1. The summed E-state index contributed by atoms with van der Waals surface area (Å²) in [5.41, 5.74) is 7.75. The molecular weight excluding hydrogens is 324 g/mol. The summed E-state index contributed by atoms with van der Waals surface area (Å²) in [6, 6.07) is 9.67. The Morgan fingerprint density at radius 1 is 1.19 bits per heavy atom. The third-order valence-corrected chi connectivity index (χ3v) is 5.17. The second kappa shape index (κ2) is 7.75. The van der Waals surface area contributed by atoms with Gasteiger partial charge in [0.15, 0.2) is 0 Å². The fraction of sp³-hybridized carbons (Fsp3) is 0.667. The normalized spacial score (nSPS) is 19.4. The van der Waals surface area contributed by atoms with E-state index in [1.807, 2.05) is 0 Å². The molecular formula is C18H29BrN2. The molecule has 0 heterocycles. The molecule has 0 bridgehead atoms. The molecule has 1 saturated carbocycles. The van der Waals surface area contributed by atoms with Gasteiger partial charge >= 0.3 is 0 Å². The first-order valence-corrected chi connectivity index (χ1v) is 9.05. The first-order valence-electron chi connectivity index (χ1n) is 8.26. The molecule has 1 aliphatic carbocycles. The van der Waals surface area contributed by atoms with Crippen LogP contribution in [0.3, 0.4) is 0 Å². The van der Waals surface area contributed by atoms with Gasteiger partial charge in [-0.25, -0.2) is 0 Å². The van der Waals surface area contributed by atoms with Crippen LogP contribution in [0.4, 0.5) is 0 Å². The van der Waals surface area contributed by atoms with E-state index in [0.29, 0.717) is 18.0 Å². The van der Waals surface area contributed by atoms with Crippen molar-refractivity contribution in [2.45, 2.75) is 64.6 Å². The zero-order valence-corrected chi connectivity index (χ0v) is 15.1. The minimum Gasteiger partial charge on any atom is -0.326 e. The van der Waals surface area contributed by atoms with E-state index >= 15 is 0 Å². The summed E-state index contributed by atoms with van der Waals surface area (Å²) in [7, 11) is 0. The van der Waals surface area contributed by atoms with Crippen LogP contribution in [0.1, 0.15) is 58.1 Å². The molecule has 2 atom stereocenters. The Balaban J connectivity index is 2.33. The summed E-state index contributed by atoms with van der Waals surface area (Å²) in [5.74, 6) is 0.661. The lowest BCUT2D eigenvalue weighted by Crippen LogP contribution is -2.46. The van der Waals surface area contributed by atoms with Crippen molar-refractivity contribution >= 4 is 15.9 Å². The van der Waals surface area contributed by atoms with Crippen LogP contribution in [0.5, 0.6) is 0 Å². The Bertz CT molecular complexity index is 439. The molecule has 0 aromatic heterocycles. The van der Waals surface area contributed by atoms with Gasteiger partial charge in [-0.3, -0.25) is 4.90 Å². The van der Waals surface area contributed by atoms with E-state index in [0.717, 1.165) is 6.54 Å². The van der Waals surface area contributed by atoms with Gasteiger partial charge in [0.2, 0.25) is 0 Å². The summed E-state index contributed by atoms with van der Waals surface area (Å²) < 4.78 is 1.18. The maximum atomic E-state index is 6.42. The van der Waals surface area contributed by atoms with Gasteiger partial charge in [0.25, 0.3) is 0 Å². The molecule has 0 spiro atoms. The molecule has 0 saturated heterocycles. The van der Waals surface area contributed by atoms with Crippen molar-refractivity contribution in [2.24, 2.45) is 11.7 Å². The predicted molar refractivity (Wildman–Crippen MR) is 94.3 cm³/mol. The smallest absolute Gasteiger partial charge is 0.0510 e. The molecule has 1 aliphatic rings. The van der Waals surface area contributed by atoms with Crippen LogP contribution >= 0.6 is 15.9 Å². The summed E-state index contributed by atoms with van der Waals surface area (Å²) >= 11 is 3.73. The molecule has 1 fully saturated rings. The van der Waals surface area contributed by atoms with Crippen LogP contribution in [0.25, 0.3) is 0 Å². The highest BCUT2D eigenvalue weighted by Crippen LogP contribution is 2.36. The molecule has 2 nitrogen and oxygen atoms in total. The summed E-state index contributed by atoms with van der Waals surface area (Å²) in [6.45, 7) is 7.88. The molecule has 0 aliphatic heterocycles. The van der Waals surface area contributed by atoms with E-state index in [4.69, 9.17) is 5.73 Å². The lowest BCUT2D eigenvalue weighted by Gasteiger charge is -2.40. The van der Waals surface area contributed by atoms with Gasteiger partial charge in [-0.15, -0.1) is 0 Å². The van der Waals surface area contributed by atoms with Gasteiger partial charge in [0.05, 0.1) is 6.04 Å². The van der Waals surface area contributed by atoms with Crippen LogP contribution in [0.2, 0.25) is 0 Å². The monoisotopic (exact) mass is 352 g/mol. The van der Waals surface area contributed by atoms with E-state index in [1.54, 1.807) is 0 Å². The van der Waals surface area contributed by atoms with E-state index in [-0.39, 0.29) is 6.04 Å². The van der Waals surface area contributed by atoms with Crippen molar-refractivity contribution in [3.05, 3.63) is 34.3 Å². The van der Waals surface area contributed by atoms with Crippen molar-refractivity contribution in [1.82, 2.24) is 4.90 Å². The van der Waals surface area contributed by atoms with Gasteiger partial charge in [0.1, 0.15) is 0 Å². The number of hydrogen-bond donors (Lipinski definition) is 1. The second-order valence-electron chi connectivity index (χ2n) is 6.85. The average Bonchev–Trinajstić information content (AvgIpc) is 2.93. The summed E-state index contributed by atoms with van der Waals surface area (Å²) in [6.07, 6.45) is 5.36. The third kappa shape index (κ3) is 4.30. The Morgan fingerprint density at radius 3 is 2.33 bits per heavy atom. The number of rotatable bonds is 6. The topological polar surface area (TPSA) is 29.3 Å². The zero-order valence-electron chi connectivity index (χ0n) is 13.6. The van der Waals surface area contributed by atoms with Crippen molar-refractivity contribution in [2.75, 3.05) is 6.54 Å². The largest absolute Gasteiger partial charge is 0.326 e. The standard InChI is InChI=1S/C18H29BrN2/c1-13(2)12-21(15-8-4-5-9-15)18(14(3)20)16-10-6-7-11-17(16)19/h6-7,10-11,13-15,18H,4-5,8-9,12,20H2,1-3H3. The lowest BCUT2D eigenvalue weighted by molar-refractivity contribution is 0.103. The van der Waals surface area contributed by atoms with Crippen molar-refractivity contribution in [3.63, 3.8) is 0 Å². The molecule has 1 aromatic carbocycles. The molecule has 0 amide bonds.